The summed E-state index contributed by atoms with van der Waals surface area (Å²) in [6.45, 7) is 0. The highest BCUT2D eigenvalue weighted by atomic mass is 16.5. The fourth-order valence-electron chi connectivity index (χ4n) is 3.86. The minimum atomic E-state index is -0.251. The van der Waals surface area contributed by atoms with Crippen LogP contribution in [0.4, 0.5) is 5.69 Å². The average molecular weight is 536 g/mol. The molecule has 0 bridgehead atoms. The molecule has 0 atom stereocenters. The summed E-state index contributed by atoms with van der Waals surface area (Å²) in [6, 6.07) is 12.6. The van der Waals surface area contributed by atoms with Gasteiger partial charge in [0, 0.05) is 17.8 Å². The summed E-state index contributed by atoms with van der Waals surface area (Å²) < 4.78 is 37.7. The van der Waals surface area contributed by atoms with Gasteiger partial charge in [0.15, 0.2) is 28.8 Å². The molecule has 0 aliphatic heterocycles. The van der Waals surface area contributed by atoms with Gasteiger partial charge < -0.3 is 38.5 Å². The maximum Gasteiger partial charge on any atom is 0.203 e. The molecule has 3 aromatic rings. The van der Waals surface area contributed by atoms with Gasteiger partial charge in [0.1, 0.15) is 5.75 Å². The standard InChI is InChI=1S/C30H33NO8/c1-33-24-11-10-19(8-9-20-15-25(34-2)29(38-6)26(16-20)35-3)14-22(24)31-13-12-23(32)21-17-27(36-4)30(39-7)28(18-21)37-5/h8-18,31H,1-7H3/b9-8-,13-12-. The molecule has 0 heterocycles. The van der Waals surface area contributed by atoms with E-state index in [2.05, 4.69) is 5.32 Å². The molecule has 3 aromatic carbocycles. The number of rotatable bonds is 13. The molecule has 39 heavy (non-hydrogen) atoms. The van der Waals surface area contributed by atoms with E-state index in [9.17, 15) is 4.79 Å². The van der Waals surface area contributed by atoms with Crippen LogP contribution in [0.15, 0.2) is 54.7 Å². The molecule has 0 spiro atoms. The van der Waals surface area contributed by atoms with Crippen LogP contribution in [0.25, 0.3) is 12.2 Å². The van der Waals surface area contributed by atoms with Crippen LogP contribution in [-0.4, -0.2) is 55.6 Å². The van der Waals surface area contributed by atoms with Crippen molar-refractivity contribution in [3.8, 4) is 40.2 Å². The number of hydrogen-bond donors (Lipinski definition) is 1. The van der Waals surface area contributed by atoms with Crippen LogP contribution in [0.2, 0.25) is 0 Å². The van der Waals surface area contributed by atoms with E-state index in [0.717, 1.165) is 11.1 Å². The van der Waals surface area contributed by atoms with Gasteiger partial charge in [-0.05, 0) is 47.5 Å². The molecule has 9 heteroatoms. The first-order valence-corrected chi connectivity index (χ1v) is 11.9. The Labute approximate surface area is 228 Å². The predicted octanol–water partition coefficient (Wildman–Crippen LogP) is 5.73. The Bertz CT molecular complexity index is 1310. The molecule has 206 valence electrons. The molecular weight excluding hydrogens is 502 g/mol. The molecule has 0 amide bonds. The molecule has 0 aliphatic carbocycles. The van der Waals surface area contributed by atoms with E-state index in [1.807, 2.05) is 42.5 Å². The summed E-state index contributed by atoms with van der Waals surface area (Å²) in [7, 11) is 10.8. The Morgan fingerprint density at radius 3 is 1.56 bits per heavy atom. The lowest BCUT2D eigenvalue weighted by atomic mass is 10.1. The fraction of sp³-hybridized carbons (Fsp3) is 0.233. The molecule has 3 rings (SSSR count). The van der Waals surface area contributed by atoms with E-state index in [-0.39, 0.29) is 5.78 Å². The third-order valence-electron chi connectivity index (χ3n) is 5.80. The normalized spacial score (nSPS) is 10.8. The van der Waals surface area contributed by atoms with Crippen molar-refractivity contribution in [1.29, 1.82) is 0 Å². The highest BCUT2D eigenvalue weighted by Gasteiger charge is 2.16. The highest BCUT2D eigenvalue weighted by molar-refractivity contribution is 6.05. The van der Waals surface area contributed by atoms with Crippen LogP contribution in [0.5, 0.6) is 40.2 Å². The first-order chi connectivity index (χ1) is 18.9. The van der Waals surface area contributed by atoms with Crippen molar-refractivity contribution in [2.45, 2.75) is 0 Å². The van der Waals surface area contributed by atoms with Gasteiger partial charge >= 0.3 is 0 Å². The van der Waals surface area contributed by atoms with Crippen LogP contribution < -0.4 is 38.5 Å². The molecule has 9 nitrogen and oxygen atoms in total. The van der Waals surface area contributed by atoms with Gasteiger partial charge in [-0.1, -0.05) is 18.2 Å². The second kappa shape index (κ2) is 13.7. The maximum absolute atomic E-state index is 12.9. The smallest absolute Gasteiger partial charge is 0.203 e. The van der Waals surface area contributed by atoms with Crippen molar-refractivity contribution in [2.24, 2.45) is 0 Å². The first-order valence-electron chi connectivity index (χ1n) is 11.9. The van der Waals surface area contributed by atoms with Crippen LogP contribution in [0.1, 0.15) is 21.5 Å². The van der Waals surface area contributed by atoms with Gasteiger partial charge in [-0.3, -0.25) is 4.79 Å². The van der Waals surface area contributed by atoms with Crippen molar-refractivity contribution < 1.29 is 38.0 Å². The number of carbonyl (C=O) groups is 1. The van der Waals surface area contributed by atoms with Gasteiger partial charge in [-0.15, -0.1) is 0 Å². The summed E-state index contributed by atoms with van der Waals surface area (Å²) in [5.41, 5.74) is 2.83. The summed E-state index contributed by atoms with van der Waals surface area (Å²) in [5.74, 6) is 3.24. The summed E-state index contributed by atoms with van der Waals surface area (Å²) in [6.07, 6.45) is 6.84. The van der Waals surface area contributed by atoms with E-state index in [4.69, 9.17) is 33.2 Å². The number of nitrogens with one attached hydrogen (secondary N) is 1. The predicted molar refractivity (Wildman–Crippen MR) is 151 cm³/mol. The van der Waals surface area contributed by atoms with Gasteiger partial charge in [-0.2, -0.15) is 0 Å². The number of carbonyl (C=O) groups excluding carboxylic acids is 1. The molecule has 0 radical (unpaired) electrons. The largest absolute Gasteiger partial charge is 0.495 e. The second-order valence-corrected chi connectivity index (χ2v) is 8.01. The van der Waals surface area contributed by atoms with E-state index in [0.29, 0.717) is 51.5 Å². The Morgan fingerprint density at radius 1 is 0.590 bits per heavy atom. The topological polar surface area (TPSA) is 93.7 Å². The molecular formula is C30H33NO8. The molecule has 0 unspecified atom stereocenters. The minimum Gasteiger partial charge on any atom is -0.495 e. The van der Waals surface area contributed by atoms with E-state index >= 15 is 0 Å². The molecule has 0 fully saturated rings. The lowest BCUT2D eigenvalue weighted by Crippen LogP contribution is -2.01. The number of ether oxygens (including phenoxy) is 7. The second-order valence-electron chi connectivity index (χ2n) is 8.01. The summed E-state index contributed by atoms with van der Waals surface area (Å²) >= 11 is 0. The fourth-order valence-corrected chi connectivity index (χ4v) is 3.86. The SMILES string of the molecule is COc1ccc(/C=C\c2cc(OC)c(OC)c(OC)c2)cc1N/C=C\C(=O)c1cc(OC)c(OC)c(OC)c1. The zero-order valence-electron chi connectivity index (χ0n) is 23.1. The Balaban J connectivity index is 1.82. The quantitative estimate of drug-likeness (QED) is 0.167. The number of methoxy groups -OCH3 is 7. The van der Waals surface area contributed by atoms with Crippen molar-refractivity contribution >= 4 is 23.6 Å². The van der Waals surface area contributed by atoms with Crippen molar-refractivity contribution in [2.75, 3.05) is 55.1 Å². The maximum atomic E-state index is 12.9. The molecule has 0 saturated carbocycles. The number of allylic oxidation sites excluding steroid dienone is 1. The van der Waals surface area contributed by atoms with Gasteiger partial charge in [0.05, 0.1) is 55.5 Å². The van der Waals surface area contributed by atoms with Gasteiger partial charge in [0.25, 0.3) is 0 Å². The summed E-state index contributed by atoms with van der Waals surface area (Å²) in [5, 5.41) is 3.13. The van der Waals surface area contributed by atoms with Gasteiger partial charge in [-0.25, -0.2) is 0 Å². The average Bonchev–Trinajstić information content (AvgIpc) is 2.98. The Hall–Kier alpha value is -4.79. The van der Waals surface area contributed by atoms with Crippen LogP contribution >= 0.6 is 0 Å². The number of benzene rings is 3. The van der Waals surface area contributed by atoms with Crippen LogP contribution in [0, 0.1) is 0 Å². The first kappa shape index (κ1) is 28.8. The molecule has 0 saturated heterocycles. The Morgan fingerprint density at radius 2 is 1.08 bits per heavy atom. The van der Waals surface area contributed by atoms with Crippen LogP contribution in [0.3, 0.4) is 0 Å². The molecule has 0 aliphatic rings. The lowest BCUT2D eigenvalue weighted by Gasteiger charge is -2.13. The number of anilines is 1. The Kier molecular flexibility index (Phi) is 10.1. The van der Waals surface area contributed by atoms with E-state index < -0.39 is 0 Å². The minimum absolute atomic E-state index is 0.251. The third kappa shape index (κ3) is 6.75. The molecule has 0 aromatic heterocycles. The van der Waals surface area contributed by atoms with E-state index in [1.54, 1.807) is 46.8 Å². The highest BCUT2D eigenvalue weighted by Crippen LogP contribution is 2.39. The number of hydrogen-bond acceptors (Lipinski definition) is 9. The monoisotopic (exact) mass is 535 g/mol. The third-order valence-corrected chi connectivity index (χ3v) is 5.80. The number of ketones is 1. The molecule has 1 N–H and O–H groups in total. The van der Waals surface area contributed by atoms with Crippen molar-refractivity contribution in [3.63, 3.8) is 0 Å². The van der Waals surface area contributed by atoms with E-state index in [1.165, 1.54) is 27.4 Å². The lowest BCUT2D eigenvalue weighted by molar-refractivity contribution is 0.104. The summed E-state index contributed by atoms with van der Waals surface area (Å²) in [4.78, 5) is 12.9. The van der Waals surface area contributed by atoms with Crippen LogP contribution in [-0.2, 0) is 0 Å². The van der Waals surface area contributed by atoms with Crippen molar-refractivity contribution in [3.05, 3.63) is 71.4 Å². The van der Waals surface area contributed by atoms with Gasteiger partial charge in [0.2, 0.25) is 11.5 Å². The zero-order chi connectivity index (χ0) is 28.4. The zero-order valence-corrected chi connectivity index (χ0v) is 23.1. The van der Waals surface area contributed by atoms with Crippen molar-refractivity contribution in [1.82, 2.24) is 0 Å².